The van der Waals surface area contributed by atoms with Crippen LogP contribution in [-0.2, 0) is 19.4 Å². The monoisotopic (exact) mass is 312 g/mol. The fourth-order valence-electron chi connectivity index (χ4n) is 1.49. The lowest BCUT2D eigenvalue weighted by Gasteiger charge is -2.05. The fraction of sp³-hybridized carbons (Fsp3) is 0.250. The zero-order chi connectivity index (χ0) is 16.0. The highest BCUT2D eigenvalue weighted by Crippen LogP contribution is 2.16. The van der Waals surface area contributed by atoms with Crippen LogP contribution in [-0.4, -0.2) is 31.9 Å². The van der Waals surface area contributed by atoms with Crippen LogP contribution in [0, 0.1) is 0 Å². The number of hydrogen-bond acceptors (Lipinski definition) is 4. The van der Waals surface area contributed by atoms with Crippen LogP contribution in [0.4, 0.5) is 5.69 Å². The number of nitrogens with one attached hydrogen (secondary N) is 1. The maximum atomic E-state index is 12.0. The number of benzene rings is 1. The first-order valence-electron chi connectivity index (χ1n) is 5.93. The van der Waals surface area contributed by atoms with E-state index in [1.54, 1.807) is 0 Å². The van der Waals surface area contributed by atoms with Gasteiger partial charge in [0.2, 0.25) is 11.8 Å². The molecule has 0 saturated heterocycles. The molecule has 1 aromatic carbocycles. The molecule has 1 rings (SSSR count). The predicted octanol–water partition coefficient (Wildman–Crippen LogP) is -0.391. The van der Waals surface area contributed by atoms with Gasteiger partial charge in [0.1, 0.15) is 0 Å². The molecule has 0 saturated carbocycles. The Hall–Kier alpha value is -2.42. The number of rotatable bonds is 5. The van der Waals surface area contributed by atoms with Crippen molar-refractivity contribution in [1.29, 1.82) is 0 Å². The number of carbonyl (C=O) groups is 2. The summed E-state index contributed by atoms with van der Waals surface area (Å²) in [6.45, 7) is 1.35. The highest BCUT2D eigenvalue weighted by Gasteiger charge is 2.16. The van der Waals surface area contributed by atoms with Crippen molar-refractivity contribution in [3.8, 4) is 0 Å². The Morgan fingerprint density at radius 3 is 2.24 bits per heavy atom. The number of carbonyl (C=O) groups excluding carboxylic acids is 2. The molecular weight excluding hydrogens is 296 g/mol. The predicted molar refractivity (Wildman–Crippen MR) is 78.2 cm³/mol. The molecule has 0 fully saturated rings. The van der Waals surface area contributed by atoms with Gasteiger partial charge in [0.25, 0.3) is 0 Å². The third-order valence-electron chi connectivity index (χ3n) is 2.37. The summed E-state index contributed by atoms with van der Waals surface area (Å²) in [7, 11) is -3.62. The van der Waals surface area contributed by atoms with Crippen LogP contribution >= 0.6 is 0 Å². The van der Waals surface area contributed by atoms with E-state index >= 15 is 0 Å². The van der Waals surface area contributed by atoms with Gasteiger partial charge in [0, 0.05) is 19.0 Å². The first-order chi connectivity index (χ1) is 9.70. The lowest BCUT2D eigenvalue weighted by atomic mass is 10.3. The third-order valence-corrected chi connectivity index (χ3v) is 4.10. The van der Waals surface area contributed by atoms with Crippen molar-refractivity contribution in [2.75, 3.05) is 11.1 Å². The van der Waals surface area contributed by atoms with Crippen LogP contribution in [0.5, 0.6) is 0 Å². The van der Waals surface area contributed by atoms with Crippen LogP contribution in [0.15, 0.2) is 34.2 Å². The summed E-state index contributed by atoms with van der Waals surface area (Å²) in [6, 6.07) is 5.63. The number of anilines is 1. The van der Waals surface area contributed by atoms with Crippen molar-refractivity contribution in [3.63, 3.8) is 0 Å². The highest BCUT2D eigenvalue weighted by atomic mass is 32.2. The number of hydrogen-bond donors (Lipinski definition) is 3. The lowest BCUT2D eigenvalue weighted by molar-refractivity contribution is -0.117. The van der Waals surface area contributed by atoms with Gasteiger partial charge < -0.3 is 16.8 Å². The van der Waals surface area contributed by atoms with Crippen molar-refractivity contribution < 1.29 is 18.0 Å². The summed E-state index contributed by atoms with van der Waals surface area (Å²) in [6.07, 6.45) is -0.312. The maximum absolute atomic E-state index is 12.0. The second-order valence-electron chi connectivity index (χ2n) is 4.20. The van der Waals surface area contributed by atoms with Gasteiger partial charge in [-0.1, -0.05) is 0 Å². The Bertz CT molecular complexity index is 661. The molecule has 0 bridgehead atoms. The minimum absolute atomic E-state index is 0.0501. The number of aliphatic imine (C=N–C) groups is 1. The van der Waals surface area contributed by atoms with Gasteiger partial charge in [0.15, 0.2) is 15.8 Å². The molecule has 5 N–H and O–H groups in total. The second-order valence-corrected chi connectivity index (χ2v) is 6.31. The Balaban J connectivity index is 2.77. The number of nitrogens with zero attached hydrogens (tertiary/aromatic N) is 1. The van der Waals surface area contributed by atoms with Gasteiger partial charge in [-0.15, -0.1) is 0 Å². The van der Waals surface area contributed by atoms with Crippen LogP contribution in [0.2, 0.25) is 0 Å². The molecule has 0 aliphatic heterocycles. The molecule has 0 heterocycles. The molecule has 8 nitrogen and oxygen atoms in total. The lowest BCUT2D eigenvalue weighted by Crippen LogP contribution is -2.24. The topological polar surface area (TPSA) is 145 Å². The van der Waals surface area contributed by atoms with Crippen molar-refractivity contribution >= 4 is 33.3 Å². The Kier molecular flexibility index (Phi) is 5.42. The van der Waals surface area contributed by atoms with E-state index in [0.29, 0.717) is 5.69 Å². The molecule has 0 aliphatic rings. The van der Waals surface area contributed by atoms with E-state index in [1.807, 2.05) is 0 Å². The summed E-state index contributed by atoms with van der Waals surface area (Å²) in [5, 5.41) is 2.52. The molecule has 2 amide bonds. The van der Waals surface area contributed by atoms with Crippen molar-refractivity contribution in [1.82, 2.24) is 0 Å². The molecule has 21 heavy (non-hydrogen) atoms. The van der Waals surface area contributed by atoms with E-state index in [-0.39, 0.29) is 17.2 Å². The molecule has 0 unspecified atom stereocenters. The van der Waals surface area contributed by atoms with Crippen molar-refractivity contribution in [3.05, 3.63) is 24.3 Å². The van der Waals surface area contributed by atoms with Crippen LogP contribution in [0.1, 0.15) is 13.3 Å². The summed E-state index contributed by atoms with van der Waals surface area (Å²) in [5.74, 6) is -1.76. The Labute approximate surface area is 122 Å². The molecule has 0 aliphatic carbocycles. The van der Waals surface area contributed by atoms with E-state index in [9.17, 15) is 18.0 Å². The van der Waals surface area contributed by atoms with Crippen LogP contribution < -0.4 is 16.8 Å². The van der Waals surface area contributed by atoms with Gasteiger partial charge in [-0.3, -0.25) is 9.59 Å². The molecule has 0 atom stereocenters. The zero-order valence-corrected chi connectivity index (χ0v) is 12.2. The zero-order valence-electron chi connectivity index (χ0n) is 11.4. The summed E-state index contributed by atoms with van der Waals surface area (Å²) in [5.41, 5.74) is 10.5. The molecule has 0 spiro atoms. The van der Waals surface area contributed by atoms with Crippen molar-refractivity contribution in [2.45, 2.75) is 18.2 Å². The van der Waals surface area contributed by atoms with Crippen molar-refractivity contribution in [2.24, 2.45) is 16.5 Å². The first kappa shape index (κ1) is 16.6. The standard InChI is InChI=1S/C12H16N4O4S/c1-8(17)15-9-2-4-10(5-3-9)21(19,20)7-6-11(18)16-12(13)14/h2-5H,6-7H2,1H3,(H,15,17)(H4,13,14,16,18). The molecule has 1 aromatic rings. The largest absolute Gasteiger partial charge is 0.370 e. The van der Waals surface area contributed by atoms with Crippen LogP contribution in [0.3, 0.4) is 0 Å². The molecule has 9 heteroatoms. The molecule has 114 valence electrons. The first-order valence-corrected chi connectivity index (χ1v) is 7.59. The fourth-order valence-corrected chi connectivity index (χ4v) is 2.72. The second kappa shape index (κ2) is 6.84. The normalized spacial score (nSPS) is 10.7. The third kappa shape index (κ3) is 5.61. The van der Waals surface area contributed by atoms with E-state index in [4.69, 9.17) is 11.5 Å². The van der Waals surface area contributed by atoms with E-state index in [1.165, 1.54) is 31.2 Å². The number of nitrogens with two attached hydrogens (primary N) is 2. The Morgan fingerprint density at radius 2 is 1.76 bits per heavy atom. The van der Waals surface area contributed by atoms with Gasteiger partial charge >= 0.3 is 0 Å². The quantitative estimate of drug-likeness (QED) is 0.498. The molecular formula is C12H16N4O4S. The van der Waals surface area contributed by atoms with Crippen LogP contribution in [0.25, 0.3) is 0 Å². The average molecular weight is 312 g/mol. The summed E-state index contributed by atoms with van der Waals surface area (Å²) in [4.78, 5) is 25.4. The van der Waals surface area contributed by atoms with Gasteiger partial charge in [-0.05, 0) is 24.3 Å². The summed E-state index contributed by atoms with van der Waals surface area (Å²) < 4.78 is 24.0. The van der Waals surface area contributed by atoms with Gasteiger partial charge in [-0.2, -0.15) is 4.99 Å². The number of sulfone groups is 1. The van der Waals surface area contributed by atoms with E-state index in [0.717, 1.165) is 0 Å². The summed E-state index contributed by atoms with van der Waals surface area (Å²) >= 11 is 0. The smallest absolute Gasteiger partial charge is 0.249 e. The van der Waals surface area contributed by atoms with Gasteiger partial charge in [0.05, 0.1) is 10.6 Å². The maximum Gasteiger partial charge on any atom is 0.249 e. The van der Waals surface area contributed by atoms with E-state index < -0.39 is 27.5 Å². The average Bonchev–Trinajstić information content (AvgIpc) is 2.36. The number of guanidine groups is 1. The molecule has 0 radical (unpaired) electrons. The van der Waals surface area contributed by atoms with Gasteiger partial charge in [-0.25, -0.2) is 8.42 Å². The Morgan fingerprint density at radius 1 is 1.19 bits per heavy atom. The number of amides is 2. The minimum atomic E-state index is -3.62. The SMILES string of the molecule is CC(=O)Nc1ccc(S(=O)(=O)CCC(=O)N=C(N)N)cc1. The molecule has 0 aromatic heterocycles. The van der Waals surface area contributed by atoms with E-state index in [2.05, 4.69) is 10.3 Å². The minimum Gasteiger partial charge on any atom is -0.370 e. The highest BCUT2D eigenvalue weighted by molar-refractivity contribution is 7.91.